The molecule has 0 unspecified atom stereocenters. The summed E-state index contributed by atoms with van der Waals surface area (Å²) in [6.45, 7) is 0. The highest BCUT2D eigenvalue weighted by atomic mass is 79.9. The third-order valence-corrected chi connectivity index (χ3v) is 3.46. The second-order valence-corrected chi connectivity index (χ2v) is 3.94. The Morgan fingerprint density at radius 1 is 1.58 bits per heavy atom. The molecule has 0 amide bonds. The topological polar surface area (TPSA) is 26.3 Å². The van der Waals surface area contributed by atoms with Crippen LogP contribution in [0.25, 0.3) is 0 Å². The van der Waals surface area contributed by atoms with Crippen LogP contribution < -0.4 is 0 Å². The first-order valence-corrected chi connectivity index (χ1v) is 4.69. The zero-order valence-corrected chi connectivity index (χ0v) is 8.30. The largest absolute Gasteiger partial charge is 0.466 e. The van der Waals surface area contributed by atoms with Crippen molar-refractivity contribution in [1.82, 2.24) is 0 Å². The van der Waals surface area contributed by atoms with Crippen molar-refractivity contribution in [2.45, 2.75) is 6.42 Å². The van der Waals surface area contributed by atoms with E-state index in [0.29, 0.717) is 5.92 Å². The van der Waals surface area contributed by atoms with Gasteiger partial charge in [-0.15, -0.1) is 0 Å². The van der Waals surface area contributed by atoms with Gasteiger partial charge in [0.2, 0.25) is 0 Å². The number of halogens is 1. The molecule has 0 saturated heterocycles. The molecule has 2 atom stereocenters. The number of hydrogen-bond acceptors (Lipinski definition) is 2. The molecule has 64 valence electrons. The molecule has 2 nitrogen and oxygen atoms in total. The molecule has 0 heterocycles. The Morgan fingerprint density at radius 2 is 2.25 bits per heavy atom. The van der Waals surface area contributed by atoms with E-state index in [2.05, 4.69) is 28.1 Å². The molecule has 0 aromatic rings. The van der Waals surface area contributed by atoms with Crippen LogP contribution in [0.2, 0.25) is 0 Å². The van der Waals surface area contributed by atoms with Crippen molar-refractivity contribution in [3.63, 3.8) is 0 Å². The van der Waals surface area contributed by atoms with Crippen molar-refractivity contribution in [2.24, 2.45) is 11.8 Å². The molecule has 0 spiro atoms. The number of esters is 1. The summed E-state index contributed by atoms with van der Waals surface area (Å²) in [5.74, 6) is 0.514. The third kappa shape index (κ3) is 0.959. The van der Waals surface area contributed by atoms with Gasteiger partial charge in [0.1, 0.15) is 0 Å². The Bertz CT molecular complexity index is 291. The fourth-order valence-electron chi connectivity index (χ4n) is 1.84. The van der Waals surface area contributed by atoms with Gasteiger partial charge in [-0.1, -0.05) is 28.1 Å². The predicted octanol–water partition coefficient (Wildman–Crippen LogP) is 2.01. The molecule has 2 bridgehead atoms. The van der Waals surface area contributed by atoms with E-state index in [1.165, 1.54) is 7.11 Å². The summed E-state index contributed by atoms with van der Waals surface area (Å²) in [7, 11) is 1.42. The summed E-state index contributed by atoms with van der Waals surface area (Å²) in [6, 6.07) is 0. The van der Waals surface area contributed by atoms with Gasteiger partial charge in [0.05, 0.1) is 12.7 Å². The van der Waals surface area contributed by atoms with E-state index < -0.39 is 0 Å². The molecule has 0 aliphatic heterocycles. The number of ether oxygens (including phenoxy) is 1. The number of carbonyl (C=O) groups excluding carboxylic acids is 1. The Hall–Kier alpha value is -0.570. The SMILES string of the molecule is COC(=O)C1=C(Br)[C@H]2C=C[C@H]1C2. The smallest absolute Gasteiger partial charge is 0.335 e. The van der Waals surface area contributed by atoms with E-state index >= 15 is 0 Å². The Morgan fingerprint density at radius 3 is 2.75 bits per heavy atom. The van der Waals surface area contributed by atoms with Crippen LogP contribution in [0.4, 0.5) is 0 Å². The first kappa shape index (κ1) is 8.05. The van der Waals surface area contributed by atoms with Crippen LogP contribution in [0.15, 0.2) is 22.2 Å². The fourth-order valence-corrected chi connectivity index (χ4v) is 2.63. The molecule has 0 fully saturated rings. The van der Waals surface area contributed by atoms with Gasteiger partial charge in [0.15, 0.2) is 0 Å². The van der Waals surface area contributed by atoms with Gasteiger partial charge in [0, 0.05) is 16.3 Å². The molecule has 2 rings (SSSR count). The van der Waals surface area contributed by atoms with Crippen LogP contribution in [0, 0.1) is 11.8 Å². The quantitative estimate of drug-likeness (QED) is 0.507. The van der Waals surface area contributed by atoms with Gasteiger partial charge < -0.3 is 4.74 Å². The molecular weight excluding hydrogens is 220 g/mol. The van der Waals surface area contributed by atoms with Crippen LogP contribution in [0.1, 0.15) is 6.42 Å². The van der Waals surface area contributed by atoms with E-state index in [4.69, 9.17) is 4.74 Å². The van der Waals surface area contributed by atoms with Crippen LogP contribution in [0.3, 0.4) is 0 Å². The molecule has 0 saturated carbocycles. The molecule has 3 heteroatoms. The second kappa shape index (κ2) is 2.73. The van der Waals surface area contributed by atoms with E-state index in [-0.39, 0.29) is 11.9 Å². The molecule has 0 N–H and O–H groups in total. The average molecular weight is 229 g/mol. The van der Waals surface area contributed by atoms with Gasteiger partial charge in [-0.25, -0.2) is 4.79 Å². The number of carbonyl (C=O) groups is 1. The zero-order valence-electron chi connectivity index (χ0n) is 6.71. The fraction of sp³-hybridized carbons (Fsp3) is 0.444. The highest BCUT2D eigenvalue weighted by Gasteiger charge is 2.37. The standard InChI is InChI=1S/C9H9BrO2/c1-12-9(11)7-5-2-3-6(4-5)8(7)10/h2-3,5-6H,4H2,1H3/t5-,6-/m0/s1. The Labute approximate surface area is 79.4 Å². The van der Waals surface area contributed by atoms with Crippen molar-refractivity contribution in [1.29, 1.82) is 0 Å². The second-order valence-electron chi connectivity index (χ2n) is 3.09. The normalized spacial score (nSPS) is 31.5. The number of fused-ring (bicyclic) bond motifs is 2. The molecule has 12 heavy (non-hydrogen) atoms. The maximum Gasteiger partial charge on any atom is 0.335 e. The maximum absolute atomic E-state index is 11.3. The molecule has 2 aliphatic rings. The number of rotatable bonds is 1. The van der Waals surface area contributed by atoms with Crippen LogP contribution in [0.5, 0.6) is 0 Å². The number of hydrogen-bond donors (Lipinski definition) is 0. The van der Waals surface area contributed by atoms with E-state index in [0.717, 1.165) is 16.5 Å². The Kier molecular flexibility index (Phi) is 1.83. The highest BCUT2D eigenvalue weighted by Crippen LogP contribution is 2.46. The summed E-state index contributed by atoms with van der Waals surface area (Å²) in [4.78, 5) is 11.3. The first-order valence-electron chi connectivity index (χ1n) is 3.90. The highest BCUT2D eigenvalue weighted by molar-refractivity contribution is 9.11. The molecule has 0 radical (unpaired) electrons. The van der Waals surface area contributed by atoms with E-state index in [1.54, 1.807) is 0 Å². The number of allylic oxidation sites excluding steroid dienone is 3. The summed E-state index contributed by atoms with van der Waals surface area (Å²) in [6.07, 6.45) is 5.26. The molecular formula is C9H9BrO2. The predicted molar refractivity (Wildman–Crippen MR) is 48.7 cm³/mol. The zero-order chi connectivity index (χ0) is 8.72. The summed E-state index contributed by atoms with van der Waals surface area (Å²) in [5, 5.41) is 0. The third-order valence-electron chi connectivity index (χ3n) is 2.44. The maximum atomic E-state index is 11.3. The summed E-state index contributed by atoms with van der Waals surface area (Å²) in [5.41, 5.74) is 0.810. The van der Waals surface area contributed by atoms with Gasteiger partial charge in [-0.3, -0.25) is 0 Å². The van der Waals surface area contributed by atoms with Crippen LogP contribution in [-0.4, -0.2) is 13.1 Å². The lowest BCUT2D eigenvalue weighted by molar-refractivity contribution is -0.136. The first-order chi connectivity index (χ1) is 5.74. The van der Waals surface area contributed by atoms with Crippen molar-refractivity contribution >= 4 is 21.9 Å². The number of methoxy groups -OCH3 is 1. The average Bonchev–Trinajstić information content (AvgIpc) is 2.63. The lowest BCUT2D eigenvalue weighted by Crippen LogP contribution is -2.10. The van der Waals surface area contributed by atoms with Crippen molar-refractivity contribution < 1.29 is 9.53 Å². The Balaban J connectivity index is 2.32. The monoisotopic (exact) mass is 228 g/mol. The van der Waals surface area contributed by atoms with Crippen molar-refractivity contribution in [3.05, 3.63) is 22.2 Å². The van der Waals surface area contributed by atoms with Crippen molar-refractivity contribution in [3.8, 4) is 0 Å². The minimum absolute atomic E-state index is 0.196. The van der Waals surface area contributed by atoms with E-state index in [1.807, 2.05) is 0 Å². The van der Waals surface area contributed by atoms with Crippen LogP contribution >= 0.6 is 15.9 Å². The molecule has 0 aromatic carbocycles. The van der Waals surface area contributed by atoms with Crippen molar-refractivity contribution in [2.75, 3.05) is 7.11 Å². The minimum atomic E-state index is -0.196. The summed E-state index contributed by atoms with van der Waals surface area (Å²) < 4.78 is 5.71. The molecule has 2 aliphatic carbocycles. The van der Waals surface area contributed by atoms with Gasteiger partial charge in [-0.2, -0.15) is 0 Å². The van der Waals surface area contributed by atoms with Gasteiger partial charge in [0.25, 0.3) is 0 Å². The lowest BCUT2D eigenvalue weighted by Gasteiger charge is -2.08. The minimum Gasteiger partial charge on any atom is -0.466 e. The van der Waals surface area contributed by atoms with E-state index in [9.17, 15) is 4.79 Å². The molecule has 0 aromatic heterocycles. The summed E-state index contributed by atoms with van der Waals surface area (Å²) >= 11 is 3.43. The lowest BCUT2D eigenvalue weighted by atomic mass is 10.0. The van der Waals surface area contributed by atoms with Gasteiger partial charge >= 0.3 is 5.97 Å². The van der Waals surface area contributed by atoms with Gasteiger partial charge in [-0.05, 0) is 6.42 Å². The van der Waals surface area contributed by atoms with Crippen LogP contribution in [-0.2, 0) is 9.53 Å².